The summed E-state index contributed by atoms with van der Waals surface area (Å²) in [6, 6.07) is 0.329. The molecular weight excluding hydrogens is 246 g/mol. The van der Waals surface area contributed by atoms with E-state index in [0.717, 1.165) is 19.5 Å². The zero-order valence-corrected chi connectivity index (χ0v) is 10.6. The van der Waals surface area contributed by atoms with Crippen molar-refractivity contribution < 1.29 is 0 Å². The summed E-state index contributed by atoms with van der Waals surface area (Å²) < 4.78 is 1.45. The normalized spacial score (nSPS) is 19.7. The molecule has 1 saturated heterocycles. The topological polar surface area (TPSA) is 111 Å². The van der Waals surface area contributed by atoms with Crippen LogP contribution in [0.25, 0.3) is 5.95 Å². The minimum absolute atomic E-state index is 0.161. The Labute approximate surface area is 109 Å². The van der Waals surface area contributed by atoms with E-state index in [4.69, 9.17) is 5.73 Å². The highest BCUT2D eigenvalue weighted by Gasteiger charge is 2.20. The molecule has 0 bridgehead atoms. The van der Waals surface area contributed by atoms with Crippen LogP contribution >= 0.6 is 0 Å². The minimum Gasteiger partial charge on any atom is -0.368 e. The number of likely N-dealkylation sites (N-methyl/N-ethyl adjacent to an activating group) is 1. The fourth-order valence-electron chi connectivity index (χ4n) is 2.09. The zero-order valence-electron chi connectivity index (χ0n) is 10.6. The van der Waals surface area contributed by atoms with Crippen LogP contribution in [0.4, 0.5) is 11.9 Å². The maximum absolute atomic E-state index is 5.69. The van der Waals surface area contributed by atoms with Gasteiger partial charge in [-0.2, -0.15) is 24.7 Å². The third-order valence-electron chi connectivity index (χ3n) is 2.99. The molecular formula is C10H15N9. The number of nitrogen functional groups attached to an aromatic ring is 1. The van der Waals surface area contributed by atoms with E-state index in [-0.39, 0.29) is 5.95 Å². The average molecular weight is 261 g/mol. The Kier molecular flexibility index (Phi) is 2.95. The monoisotopic (exact) mass is 261 g/mol. The van der Waals surface area contributed by atoms with Gasteiger partial charge in [-0.15, -0.1) is 0 Å². The molecule has 2 aromatic heterocycles. The Balaban J connectivity index is 1.82. The van der Waals surface area contributed by atoms with Gasteiger partial charge >= 0.3 is 0 Å². The van der Waals surface area contributed by atoms with E-state index in [1.165, 1.54) is 17.3 Å². The molecule has 2 aromatic rings. The molecule has 3 rings (SSSR count). The highest BCUT2D eigenvalue weighted by Crippen LogP contribution is 2.13. The van der Waals surface area contributed by atoms with Gasteiger partial charge in [0.05, 0.1) is 0 Å². The molecule has 0 aromatic carbocycles. The molecule has 9 nitrogen and oxygen atoms in total. The summed E-state index contributed by atoms with van der Waals surface area (Å²) in [5.41, 5.74) is 5.69. The molecule has 3 N–H and O–H groups in total. The number of aromatic nitrogens is 6. The summed E-state index contributed by atoms with van der Waals surface area (Å²) in [5.74, 6) is 0.992. The average Bonchev–Trinajstić information content (AvgIpc) is 3.00. The Morgan fingerprint density at radius 3 is 2.95 bits per heavy atom. The fraction of sp³-hybridized carbons (Fsp3) is 0.500. The van der Waals surface area contributed by atoms with E-state index >= 15 is 0 Å². The smallest absolute Gasteiger partial charge is 0.258 e. The SMILES string of the molecule is CN1CCC(Nc2nc(N)nc(-n3cncn3)n2)C1. The van der Waals surface area contributed by atoms with E-state index in [9.17, 15) is 0 Å². The van der Waals surface area contributed by atoms with Gasteiger partial charge in [-0.3, -0.25) is 0 Å². The quantitative estimate of drug-likeness (QED) is 0.735. The van der Waals surface area contributed by atoms with Gasteiger partial charge in [0.25, 0.3) is 5.95 Å². The first-order valence-corrected chi connectivity index (χ1v) is 6.02. The van der Waals surface area contributed by atoms with Crippen molar-refractivity contribution in [2.45, 2.75) is 12.5 Å². The lowest BCUT2D eigenvalue weighted by Crippen LogP contribution is -2.25. The van der Waals surface area contributed by atoms with Gasteiger partial charge in [-0.25, -0.2) is 4.98 Å². The van der Waals surface area contributed by atoms with Crippen molar-refractivity contribution in [1.29, 1.82) is 0 Å². The Morgan fingerprint density at radius 1 is 1.37 bits per heavy atom. The van der Waals surface area contributed by atoms with Crippen LogP contribution in [0, 0.1) is 0 Å². The summed E-state index contributed by atoms with van der Waals surface area (Å²) in [7, 11) is 2.09. The number of nitrogens with one attached hydrogen (secondary N) is 1. The first-order chi connectivity index (χ1) is 9.20. The van der Waals surface area contributed by atoms with Crippen molar-refractivity contribution in [3.63, 3.8) is 0 Å². The second-order valence-corrected chi connectivity index (χ2v) is 4.55. The maximum atomic E-state index is 5.69. The van der Waals surface area contributed by atoms with Crippen LogP contribution in [-0.4, -0.2) is 60.8 Å². The van der Waals surface area contributed by atoms with E-state index in [1.54, 1.807) is 0 Å². The number of likely N-dealkylation sites (tertiary alicyclic amines) is 1. The molecule has 0 saturated carbocycles. The van der Waals surface area contributed by atoms with Crippen LogP contribution in [0.5, 0.6) is 0 Å². The lowest BCUT2D eigenvalue weighted by Gasteiger charge is -2.13. The van der Waals surface area contributed by atoms with E-state index in [0.29, 0.717) is 17.9 Å². The van der Waals surface area contributed by atoms with E-state index in [1.807, 2.05) is 0 Å². The van der Waals surface area contributed by atoms with Crippen LogP contribution in [0.1, 0.15) is 6.42 Å². The molecule has 100 valence electrons. The molecule has 9 heteroatoms. The van der Waals surface area contributed by atoms with Gasteiger partial charge in [0.1, 0.15) is 12.7 Å². The van der Waals surface area contributed by atoms with Gasteiger partial charge in [-0.05, 0) is 20.0 Å². The highest BCUT2D eigenvalue weighted by molar-refractivity contribution is 5.35. The summed E-state index contributed by atoms with van der Waals surface area (Å²) >= 11 is 0. The van der Waals surface area contributed by atoms with Crippen molar-refractivity contribution in [2.75, 3.05) is 31.2 Å². The zero-order chi connectivity index (χ0) is 13.2. The summed E-state index contributed by atoms with van der Waals surface area (Å²) in [4.78, 5) is 18.5. The Bertz CT molecular complexity index is 552. The third kappa shape index (κ3) is 2.60. The number of hydrogen-bond acceptors (Lipinski definition) is 8. The summed E-state index contributed by atoms with van der Waals surface area (Å²) in [5, 5.41) is 7.24. The van der Waals surface area contributed by atoms with Crippen LogP contribution in [-0.2, 0) is 0 Å². The van der Waals surface area contributed by atoms with Gasteiger partial charge in [0.2, 0.25) is 11.9 Å². The molecule has 1 unspecified atom stereocenters. The maximum Gasteiger partial charge on any atom is 0.258 e. The fourth-order valence-corrected chi connectivity index (χ4v) is 2.09. The molecule has 0 amide bonds. The second kappa shape index (κ2) is 4.76. The summed E-state index contributed by atoms with van der Waals surface area (Å²) in [6.07, 6.45) is 3.99. The number of nitrogens with zero attached hydrogens (tertiary/aromatic N) is 7. The predicted octanol–water partition coefficient (Wildman–Crippen LogP) is -0.849. The molecule has 0 spiro atoms. The van der Waals surface area contributed by atoms with Crippen molar-refractivity contribution in [2.24, 2.45) is 0 Å². The minimum atomic E-state index is 0.161. The predicted molar refractivity (Wildman–Crippen MR) is 68.7 cm³/mol. The lowest BCUT2D eigenvalue weighted by atomic mass is 10.3. The van der Waals surface area contributed by atoms with Gasteiger partial charge in [0.15, 0.2) is 0 Å². The first-order valence-electron chi connectivity index (χ1n) is 6.02. The highest BCUT2D eigenvalue weighted by atomic mass is 15.4. The van der Waals surface area contributed by atoms with E-state index in [2.05, 4.69) is 42.3 Å². The molecule has 1 atom stereocenters. The largest absolute Gasteiger partial charge is 0.368 e. The number of rotatable bonds is 3. The number of hydrogen-bond donors (Lipinski definition) is 2. The van der Waals surface area contributed by atoms with Crippen molar-refractivity contribution in [1.82, 2.24) is 34.6 Å². The van der Waals surface area contributed by atoms with Crippen LogP contribution in [0.2, 0.25) is 0 Å². The standard InChI is InChI=1S/C10H15N9/c1-18-3-2-7(4-18)14-9-15-8(11)16-10(17-9)19-6-12-5-13-19/h5-7H,2-4H2,1H3,(H3,11,14,15,16,17). The van der Waals surface area contributed by atoms with Gasteiger partial charge < -0.3 is 16.0 Å². The Hall–Kier alpha value is -2.29. The Morgan fingerprint density at radius 2 is 2.26 bits per heavy atom. The molecule has 0 radical (unpaired) electrons. The van der Waals surface area contributed by atoms with Crippen molar-refractivity contribution in [3.05, 3.63) is 12.7 Å². The van der Waals surface area contributed by atoms with Crippen molar-refractivity contribution in [3.8, 4) is 5.95 Å². The molecule has 1 aliphatic rings. The third-order valence-corrected chi connectivity index (χ3v) is 2.99. The van der Waals surface area contributed by atoms with Crippen molar-refractivity contribution >= 4 is 11.9 Å². The second-order valence-electron chi connectivity index (χ2n) is 4.55. The number of nitrogens with two attached hydrogens (primary N) is 1. The van der Waals surface area contributed by atoms with Crippen LogP contribution in [0.3, 0.4) is 0 Å². The molecule has 0 aliphatic carbocycles. The summed E-state index contributed by atoms with van der Waals surface area (Å²) in [6.45, 7) is 2.03. The lowest BCUT2D eigenvalue weighted by molar-refractivity contribution is 0.414. The molecule has 19 heavy (non-hydrogen) atoms. The number of anilines is 2. The van der Waals surface area contributed by atoms with E-state index < -0.39 is 0 Å². The molecule has 1 fully saturated rings. The van der Waals surface area contributed by atoms with Gasteiger partial charge in [-0.1, -0.05) is 0 Å². The van der Waals surface area contributed by atoms with Gasteiger partial charge in [0, 0.05) is 12.6 Å². The van der Waals surface area contributed by atoms with Crippen LogP contribution < -0.4 is 11.1 Å². The molecule has 1 aliphatic heterocycles. The first kappa shape index (κ1) is 11.8. The molecule has 3 heterocycles. The van der Waals surface area contributed by atoms with Crippen LogP contribution in [0.15, 0.2) is 12.7 Å².